The van der Waals surface area contributed by atoms with Crippen molar-refractivity contribution in [2.24, 2.45) is 0 Å². The van der Waals surface area contributed by atoms with Crippen LogP contribution < -0.4 is 5.32 Å². The van der Waals surface area contributed by atoms with Gasteiger partial charge in [-0.25, -0.2) is 9.97 Å². The van der Waals surface area contributed by atoms with Crippen molar-refractivity contribution in [3.8, 4) is 5.69 Å². The number of rotatable bonds is 0. The monoisotopic (exact) mass is 188 g/mol. The van der Waals surface area contributed by atoms with E-state index in [4.69, 9.17) is 0 Å². The smallest absolute Gasteiger partial charge is 0.157 e. The first kappa shape index (κ1) is 7.43. The number of nitrogens with zero attached hydrogens (tertiary/aromatic N) is 5. The molecule has 0 bridgehead atoms. The van der Waals surface area contributed by atoms with E-state index in [0.29, 0.717) is 6.54 Å². The van der Waals surface area contributed by atoms with E-state index >= 15 is 0 Å². The second-order valence-electron chi connectivity index (χ2n) is 3.11. The van der Waals surface area contributed by atoms with Crippen molar-refractivity contribution in [2.75, 3.05) is 5.32 Å². The molecule has 0 unspecified atom stereocenters. The zero-order chi connectivity index (χ0) is 9.54. The van der Waals surface area contributed by atoms with Crippen LogP contribution in [0.15, 0.2) is 12.5 Å². The lowest BCUT2D eigenvalue weighted by atomic mass is 10.3. The second kappa shape index (κ2) is 2.50. The number of hydrogen-bond donors (Lipinski definition) is 1. The minimum absolute atomic E-state index is 0.658. The molecule has 0 aliphatic carbocycles. The van der Waals surface area contributed by atoms with Gasteiger partial charge in [0.05, 0.1) is 12.7 Å². The van der Waals surface area contributed by atoms with E-state index in [-0.39, 0.29) is 0 Å². The van der Waals surface area contributed by atoms with Gasteiger partial charge < -0.3 is 5.32 Å². The quantitative estimate of drug-likeness (QED) is 0.643. The third-order valence-corrected chi connectivity index (χ3v) is 2.24. The molecular weight excluding hydrogens is 180 g/mol. The van der Waals surface area contributed by atoms with Crippen LogP contribution in [0.1, 0.15) is 11.6 Å². The highest BCUT2D eigenvalue weighted by atomic mass is 15.3. The molecule has 6 heteroatoms. The Morgan fingerprint density at radius 1 is 1.43 bits per heavy atom. The fourth-order valence-electron chi connectivity index (χ4n) is 1.62. The fourth-order valence-corrected chi connectivity index (χ4v) is 1.62. The molecule has 1 aliphatic rings. The molecule has 0 radical (unpaired) electrons. The Balaban J connectivity index is 2.32. The summed E-state index contributed by atoms with van der Waals surface area (Å²) in [4.78, 5) is 8.13. The summed E-state index contributed by atoms with van der Waals surface area (Å²) in [5, 5.41) is 11.2. The summed E-state index contributed by atoms with van der Waals surface area (Å²) < 4.78 is 1.96. The Morgan fingerprint density at radius 2 is 2.36 bits per heavy atom. The van der Waals surface area contributed by atoms with E-state index in [9.17, 15) is 0 Å². The van der Waals surface area contributed by atoms with Crippen LogP contribution in [-0.2, 0) is 6.54 Å². The molecule has 0 saturated heterocycles. The maximum atomic E-state index is 4.14. The predicted molar refractivity (Wildman–Crippen MR) is 49.0 cm³/mol. The van der Waals surface area contributed by atoms with Crippen molar-refractivity contribution in [2.45, 2.75) is 13.5 Å². The number of aromatic nitrogens is 5. The third-order valence-electron chi connectivity index (χ3n) is 2.24. The standard InChI is InChI=1S/C8H8N6/c1-5-12-13-7-3-10-8-6(14(5)7)2-9-4-11-8/h2,4H,3H2,1H3,(H,9,10,11). The van der Waals surface area contributed by atoms with Crippen LogP contribution in [-0.4, -0.2) is 24.7 Å². The zero-order valence-corrected chi connectivity index (χ0v) is 7.60. The first-order chi connectivity index (χ1) is 6.86. The van der Waals surface area contributed by atoms with Crippen LogP contribution in [0.3, 0.4) is 0 Å². The lowest BCUT2D eigenvalue weighted by Gasteiger charge is -2.17. The molecule has 2 aromatic heterocycles. The highest BCUT2D eigenvalue weighted by Gasteiger charge is 2.19. The second-order valence-corrected chi connectivity index (χ2v) is 3.11. The highest BCUT2D eigenvalue weighted by Crippen LogP contribution is 2.23. The first-order valence-electron chi connectivity index (χ1n) is 4.31. The van der Waals surface area contributed by atoms with Crippen molar-refractivity contribution in [3.05, 3.63) is 24.2 Å². The zero-order valence-electron chi connectivity index (χ0n) is 7.60. The van der Waals surface area contributed by atoms with Crippen LogP contribution >= 0.6 is 0 Å². The molecule has 1 aliphatic heterocycles. The average molecular weight is 188 g/mol. The predicted octanol–water partition coefficient (Wildman–Crippen LogP) is 0.291. The molecule has 70 valence electrons. The fraction of sp³-hybridized carbons (Fsp3) is 0.250. The molecule has 0 atom stereocenters. The third kappa shape index (κ3) is 0.847. The van der Waals surface area contributed by atoms with Crippen molar-refractivity contribution in [1.82, 2.24) is 24.7 Å². The van der Waals surface area contributed by atoms with Crippen LogP contribution in [0.4, 0.5) is 5.82 Å². The molecule has 1 N–H and O–H groups in total. The minimum Gasteiger partial charge on any atom is -0.361 e. The van der Waals surface area contributed by atoms with Crippen molar-refractivity contribution in [3.63, 3.8) is 0 Å². The Morgan fingerprint density at radius 3 is 3.29 bits per heavy atom. The number of anilines is 1. The van der Waals surface area contributed by atoms with Gasteiger partial charge in [-0.3, -0.25) is 4.57 Å². The summed E-state index contributed by atoms with van der Waals surface area (Å²) in [6, 6.07) is 0. The van der Waals surface area contributed by atoms with Gasteiger partial charge in [0.1, 0.15) is 17.8 Å². The van der Waals surface area contributed by atoms with E-state index in [1.165, 1.54) is 6.33 Å². The molecule has 0 saturated carbocycles. The molecule has 0 spiro atoms. The van der Waals surface area contributed by atoms with Crippen molar-refractivity contribution in [1.29, 1.82) is 0 Å². The molecule has 0 aromatic carbocycles. The summed E-state index contributed by atoms with van der Waals surface area (Å²) in [6.45, 7) is 2.57. The van der Waals surface area contributed by atoms with Gasteiger partial charge in [0.25, 0.3) is 0 Å². The van der Waals surface area contributed by atoms with Crippen LogP contribution in [0.2, 0.25) is 0 Å². The topological polar surface area (TPSA) is 68.5 Å². The Hall–Kier alpha value is -1.98. The van der Waals surface area contributed by atoms with Crippen molar-refractivity contribution >= 4 is 5.82 Å². The molecule has 3 heterocycles. The molecule has 2 aromatic rings. The Labute approximate surface area is 80.0 Å². The maximum absolute atomic E-state index is 4.14. The molecule has 3 rings (SSSR count). The summed E-state index contributed by atoms with van der Waals surface area (Å²) in [6.07, 6.45) is 3.28. The molecule has 14 heavy (non-hydrogen) atoms. The Bertz CT molecular complexity index is 488. The normalized spacial score (nSPS) is 12.9. The van der Waals surface area contributed by atoms with Crippen LogP contribution in [0.5, 0.6) is 0 Å². The summed E-state index contributed by atoms with van der Waals surface area (Å²) in [7, 11) is 0. The van der Waals surface area contributed by atoms with Crippen LogP contribution in [0, 0.1) is 6.92 Å². The van der Waals surface area contributed by atoms with E-state index < -0.39 is 0 Å². The van der Waals surface area contributed by atoms with Crippen molar-refractivity contribution < 1.29 is 0 Å². The van der Waals surface area contributed by atoms with E-state index in [2.05, 4.69) is 25.5 Å². The largest absolute Gasteiger partial charge is 0.361 e. The summed E-state index contributed by atoms with van der Waals surface area (Å²) >= 11 is 0. The molecule has 0 amide bonds. The molecule has 0 fully saturated rings. The van der Waals surface area contributed by atoms with Gasteiger partial charge >= 0.3 is 0 Å². The lowest BCUT2D eigenvalue weighted by Crippen LogP contribution is -2.17. The average Bonchev–Trinajstić information content (AvgIpc) is 2.61. The minimum atomic E-state index is 0.658. The molecule has 6 nitrogen and oxygen atoms in total. The highest BCUT2D eigenvalue weighted by molar-refractivity contribution is 5.57. The first-order valence-corrected chi connectivity index (χ1v) is 4.31. The van der Waals surface area contributed by atoms with Gasteiger partial charge in [-0.05, 0) is 6.92 Å². The summed E-state index contributed by atoms with van der Waals surface area (Å²) in [5.41, 5.74) is 0.913. The van der Waals surface area contributed by atoms with Gasteiger partial charge in [0.15, 0.2) is 11.6 Å². The summed E-state index contributed by atoms with van der Waals surface area (Å²) in [5.74, 6) is 2.58. The Kier molecular flexibility index (Phi) is 1.33. The van der Waals surface area contributed by atoms with Gasteiger partial charge in [-0.2, -0.15) is 0 Å². The maximum Gasteiger partial charge on any atom is 0.157 e. The number of hydrogen-bond acceptors (Lipinski definition) is 5. The van der Waals surface area contributed by atoms with E-state index in [0.717, 1.165) is 23.2 Å². The van der Waals surface area contributed by atoms with Gasteiger partial charge in [0, 0.05) is 0 Å². The number of fused-ring (bicyclic) bond motifs is 3. The van der Waals surface area contributed by atoms with Gasteiger partial charge in [-0.15, -0.1) is 10.2 Å². The van der Waals surface area contributed by atoms with E-state index in [1.807, 2.05) is 11.5 Å². The van der Waals surface area contributed by atoms with Gasteiger partial charge in [0.2, 0.25) is 0 Å². The van der Waals surface area contributed by atoms with E-state index in [1.54, 1.807) is 6.20 Å². The SMILES string of the molecule is Cc1nnc2n1-c1cncnc1NC2. The lowest BCUT2D eigenvalue weighted by molar-refractivity contribution is 0.828. The van der Waals surface area contributed by atoms with Crippen LogP contribution in [0.25, 0.3) is 5.69 Å². The number of nitrogens with one attached hydrogen (secondary N) is 1. The number of aryl methyl sites for hydroxylation is 1. The van der Waals surface area contributed by atoms with Gasteiger partial charge in [-0.1, -0.05) is 0 Å². The molecular formula is C8H8N6.